The number of hydrazone groups is 1. The van der Waals surface area contributed by atoms with Gasteiger partial charge in [-0.1, -0.05) is 42.5 Å². The Morgan fingerprint density at radius 2 is 1.94 bits per heavy atom. The van der Waals surface area contributed by atoms with E-state index in [1.807, 2.05) is 53.9 Å². The molecular formula is C25H20N4O3S2. The molecule has 0 unspecified atom stereocenters. The number of thiophene rings is 1. The van der Waals surface area contributed by atoms with Crippen LogP contribution >= 0.6 is 23.1 Å². The maximum atomic E-state index is 12.7. The Labute approximate surface area is 204 Å². The van der Waals surface area contributed by atoms with Gasteiger partial charge in [0.05, 0.1) is 12.7 Å². The minimum absolute atomic E-state index is 0.00653. The van der Waals surface area contributed by atoms with Crippen molar-refractivity contribution in [1.82, 2.24) is 5.01 Å². The summed E-state index contributed by atoms with van der Waals surface area (Å²) in [6.07, 6.45) is 2.28. The Morgan fingerprint density at radius 1 is 1.09 bits per heavy atom. The van der Waals surface area contributed by atoms with Crippen LogP contribution in [0.1, 0.15) is 16.0 Å². The van der Waals surface area contributed by atoms with Crippen molar-refractivity contribution in [2.24, 2.45) is 10.1 Å². The molecule has 3 aromatic rings. The lowest BCUT2D eigenvalue weighted by Gasteiger charge is -2.20. The number of amidine groups is 2. The molecule has 0 fully saturated rings. The van der Waals surface area contributed by atoms with E-state index in [1.54, 1.807) is 36.7 Å². The Kier molecular flexibility index (Phi) is 6.29. The molecule has 2 aromatic carbocycles. The van der Waals surface area contributed by atoms with E-state index in [0.717, 1.165) is 10.6 Å². The molecule has 2 aliphatic heterocycles. The van der Waals surface area contributed by atoms with Crippen LogP contribution in [0.2, 0.25) is 0 Å². The SMILES string of the molecule is COc1cc(C=C2C(=N)N3N=C(Cc4cccs4)SC3=NC2=O)ccc1OCc1ccccc1. The molecule has 0 atom stereocenters. The van der Waals surface area contributed by atoms with E-state index < -0.39 is 5.91 Å². The number of hydrogen-bond acceptors (Lipinski definition) is 7. The Balaban J connectivity index is 1.35. The summed E-state index contributed by atoms with van der Waals surface area (Å²) in [5, 5.41) is 17.8. The van der Waals surface area contributed by atoms with Crippen molar-refractivity contribution in [3.8, 4) is 11.5 Å². The number of nitrogens with zero attached hydrogens (tertiary/aromatic N) is 3. The van der Waals surface area contributed by atoms with E-state index in [9.17, 15) is 4.79 Å². The number of rotatable bonds is 7. The third-order valence-electron chi connectivity index (χ3n) is 5.14. The lowest BCUT2D eigenvalue weighted by Crippen LogP contribution is -2.35. The predicted molar refractivity (Wildman–Crippen MR) is 137 cm³/mol. The molecule has 34 heavy (non-hydrogen) atoms. The van der Waals surface area contributed by atoms with Crippen molar-refractivity contribution in [1.29, 1.82) is 5.41 Å². The average molecular weight is 489 g/mol. The summed E-state index contributed by atoms with van der Waals surface area (Å²) in [5.41, 5.74) is 1.92. The van der Waals surface area contributed by atoms with E-state index in [1.165, 1.54) is 21.6 Å². The lowest BCUT2D eigenvalue weighted by molar-refractivity contribution is -0.114. The topological polar surface area (TPSA) is 87.3 Å². The molecule has 1 aromatic heterocycles. The molecule has 0 saturated heterocycles. The van der Waals surface area contributed by atoms with Crippen LogP contribution in [0.4, 0.5) is 0 Å². The molecule has 0 aliphatic carbocycles. The molecule has 0 radical (unpaired) electrons. The molecule has 7 nitrogen and oxygen atoms in total. The minimum atomic E-state index is -0.459. The van der Waals surface area contributed by atoms with Gasteiger partial charge >= 0.3 is 0 Å². The standard InChI is InChI=1S/C25H20N4O3S2/c1-31-21-13-17(9-10-20(21)32-15-16-6-3-2-4-7-16)12-19-23(26)29-25(27-24(19)30)34-22(28-29)14-18-8-5-11-33-18/h2-13,26H,14-15H2,1H3. The maximum absolute atomic E-state index is 12.7. The highest BCUT2D eigenvalue weighted by Crippen LogP contribution is 2.32. The van der Waals surface area contributed by atoms with Crippen molar-refractivity contribution in [3.05, 3.63) is 87.6 Å². The fourth-order valence-corrected chi connectivity index (χ4v) is 5.17. The zero-order valence-electron chi connectivity index (χ0n) is 18.2. The second kappa shape index (κ2) is 9.66. The molecule has 170 valence electrons. The van der Waals surface area contributed by atoms with Gasteiger partial charge in [0.2, 0.25) is 5.17 Å². The van der Waals surface area contributed by atoms with Crippen LogP contribution in [0.15, 0.2) is 81.7 Å². The van der Waals surface area contributed by atoms with Crippen molar-refractivity contribution < 1.29 is 14.3 Å². The number of amides is 1. The molecule has 3 heterocycles. The van der Waals surface area contributed by atoms with Crippen molar-refractivity contribution in [2.75, 3.05) is 7.11 Å². The zero-order chi connectivity index (χ0) is 23.5. The number of thioether (sulfide) groups is 1. The normalized spacial score (nSPS) is 16.4. The highest BCUT2D eigenvalue weighted by Gasteiger charge is 2.35. The summed E-state index contributed by atoms with van der Waals surface area (Å²) in [6, 6.07) is 19.3. The molecule has 1 N–H and O–H groups in total. The number of hydrogen-bond donors (Lipinski definition) is 1. The summed E-state index contributed by atoms with van der Waals surface area (Å²) < 4.78 is 11.4. The molecule has 0 bridgehead atoms. The average Bonchev–Trinajstić information content (AvgIpc) is 3.51. The first-order valence-electron chi connectivity index (χ1n) is 10.5. The summed E-state index contributed by atoms with van der Waals surface area (Å²) >= 11 is 2.97. The zero-order valence-corrected chi connectivity index (χ0v) is 19.9. The van der Waals surface area contributed by atoms with Crippen LogP contribution in [-0.2, 0) is 17.8 Å². The van der Waals surface area contributed by atoms with Gasteiger partial charge in [-0.15, -0.1) is 11.3 Å². The number of methoxy groups -OCH3 is 1. The summed E-state index contributed by atoms with van der Waals surface area (Å²) in [5.74, 6) is 0.682. The largest absolute Gasteiger partial charge is 0.493 e. The summed E-state index contributed by atoms with van der Waals surface area (Å²) in [4.78, 5) is 18.0. The van der Waals surface area contributed by atoms with Gasteiger partial charge in [0.15, 0.2) is 17.3 Å². The maximum Gasteiger partial charge on any atom is 0.283 e. The van der Waals surface area contributed by atoms with Crippen molar-refractivity contribution in [2.45, 2.75) is 13.0 Å². The molecule has 5 rings (SSSR count). The Bertz CT molecular complexity index is 1330. The van der Waals surface area contributed by atoms with Gasteiger partial charge in [0.1, 0.15) is 11.7 Å². The van der Waals surface area contributed by atoms with E-state index >= 15 is 0 Å². The van der Waals surface area contributed by atoms with Gasteiger partial charge in [0, 0.05) is 11.3 Å². The smallest absolute Gasteiger partial charge is 0.283 e. The fraction of sp³-hybridized carbons (Fsp3) is 0.120. The van der Waals surface area contributed by atoms with Crippen LogP contribution in [-0.4, -0.2) is 34.1 Å². The van der Waals surface area contributed by atoms with Crippen LogP contribution in [0.5, 0.6) is 11.5 Å². The first-order chi connectivity index (χ1) is 16.6. The molecule has 2 aliphatic rings. The van der Waals surface area contributed by atoms with Gasteiger partial charge in [-0.05, 0) is 52.5 Å². The third kappa shape index (κ3) is 4.66. The fourth-order valence-electron chi connectivity index (χ4n) is 3.46. The molecule has 0 spiro atoms. The Hall–Kier alpha value is -3.69. The number of benzene rings is 2. The van der Waals surface area contributed by atoms with Crippen LogP contribution in [0.25, 0.3) is 6.08 Å². The quantitative estimate of drug-likeness (QED) is 0.462. The number of aliphatic imine (C=N–C) groups is 1. The van der Waals surface area contributed by atoms with E-state index in [0.29, 0.717) is 35.3 Å². The van der Waals surface area contributed by atoms with Crippen LogP contribution < -0.4 is 9.47 Å². The minimum Gasteiger partial charge on any atom is -0.493 e. The number of carbonyl (C=O) groups excluding carboxylic acids is 1. The number of fused-ring (bicyclic) bond motifs is 1. The van der Waals surface area contributed by atoms with Gasteiger partial charge in [-0.2, -0.15) is 15.1 Å². The summed E-state index contributed by atoms with van der Waals surface area (Å²) in [7, 11) is 1.57. The van der Waals surface area contributed by atoms with Crippen molar-refractivity contribution >= 4 is 51.1 Å². The molecular weight excluding hydrogens is 468 g/mol. The molecule has 1 amide bonds. The number of ether oxygens (including phenoxy) is 2. The molecule has 0 saturated carbocycles. The first-order valence-corrected chi connectivity index (χ1v) is 12.2. The number of carbonyl (C=O) groups is 1. The first kappa shape index (κ1) is 22.1. The second-order valence-electron chi connectivity index (χ2n) is 7.45. The van der Waals surface area contributed by atoms with E-state index in [4.69, 9.17) is 14.9 Å². The third-order valence-corrected chi connectivity index (χ3v) is 6.92. The highest BCUT2D eigenvalue weighted by atomic mass is 32.2. The van der Waals surface area contributed by atoms with Gasteiger partial charge in [-0.25, -0.2) is 0 Å². The lowest BCUT2D eigenvalue weighted by atomic mass is 10.1. The monoisotopic (exact) mass is 488 g/mol. The van der Waals surface area contributed by atoms with Gasteiger partial charge in [-0.3, -0.25) is 10.2 Å². The van der Waals surface area contributed by atoms with E-state index in [2.05, 4.69) is 10.1 Å². The summed E-state index contributed by atoms with van der Waals surface area (Å²) in [6.45, 7) is 0.413. The van der Waals surface area contributed by atoms with Crippen molar-refractivity contribution in [3.63, 3.8) is 0 Å². The highest BCUT2D eigenvalue weighted by molar-refractivity contribution is 8.27. The molecule has 9 heteroatoms. The van der Waals surface area contributed by atoms with Crippen LogP contribution in [0.3, 0.4) is 0 Å². The van der Waals surface area contributed by atoms with E-state index in [-0.39, 0.29) is 11.4 Å². The van der Waals surface area contributed by atoms with Gasteiger partial charge < -0.3 is 9.47 Å². The van der Waals surface area contributed by atoms with Crippen LogP contribution in [0, 0.1) is 5.41 Å². The second-order valence-corrected chi connectivity index (χ2v) is 9.53. The Morgan fingerprint density at radius 3 is 2.71 bits per heavy atom. The predicted octanol–water partition coefficient (Wildman–Crippen LogP) is 5.20. The number of nitrogens with one attached hydrogen (secondary N) is 1. The van der Waals surface area contributed by atoms with Gasteiger partial charge in [0.25, 0.3) is 5.91 Å².